The summed E-state index contributed by atoms with van der Waals surface area (Å²) in [6.07, 6.45) is 5.45. The Morgan fingerprint density at radius 3 is 2.42 bits per heavy atom. The van der Waals surface area contributed by atoms with Crippen LogP contribution in [0, 0.1) is 0 Å². The third-order valence-corrected chi connectivity index (χ3v) is 7.33. The number of amides is 1. The number of hydrogen-bond donors (Lipinski definition) is 1. The van der Waals surface area contributed by atoms with Gasteiger partial charge in [-0.3, -0.25) is 4.79 Å². The maximum atomic E-state index is 13.1. The Hall–Kier alpha value is -2.97. The SMILES string of the molecule is O=C(Nc1ccnn1Cc1ccccc1)c1cccc(S(=O)(=O)N2CCCCCC2)c1. The van der Waals surface area contributed by atoms with Crippen LogP contribution in [0.3, 0.4) is 0 Å². The quantitative estimate of drug-likeness (QED) is 0.635. The summed E-state index contributed by atoms with van der Waals surface area (Å²) in [4.78, 5) is 13.0. The summed E-state index contributed by atoms with van der Waals surface area (Å²) in [6, 6.07) is 17.8. The van der Waals surface area contributed by atoms with Gasteiger partial charge < -0.3 is 5.32 Å². The second kappa shape index (κ2) is 9.45. The van der Waals surface area contributed by atoms with Crippen LogP contribution in [0.4, 0.5) is 5.82 Å². The fourth-order valence-electron chi connectivity index (χ4n) is 3.74. The van der Waals surface area contributed by atoms with E-state index in [1.54, 1.807) is 35.1 Å². The van der Waals surface area contributed by atoms with Gasteiger partial charge in [0, 0.05) is 24.7 Å². The predicted molar refractivity (Wildman–Crippen MR) is 119 cm³/mol. The van der Waals surface area contributed by atoms with Crippen LogP contribution in [-0.2, 0) is 16.6 Å². The zero-order chi connectivity index (χ0) is 21.7. The van der Waals surface area contributed by atoms with E-state index in [1.165, 1.54) is 10.4 Å². The van der Waals surface area contributed by atoms with E-state index in [9.17, 15) is 13.2 Å². The molecule has 1 aliphatic heterocycles. The molecule has 1 N–H and O–H groups in total. The highest BCUT2D eigenvalue weighted by Crippen LogP contribution is 2.22. The Kier molecular flexibility index (Phi) is 6.48. The van der Waals surface area contributed by atoms with Gasteiger partial charge in [-0.05, 0) is 36.6 Å². The van der Waals surface area contributed by atoms with Gasteiger partial charge in [0.1, 0.15) is 5.82 Å². The third-order valence-electron chi connectivity index (χ3n) is 5.43. The van der Waals surface area contributed by atoms with Crippen molar-refractivity contribution in [2.45, 2.75) is 37.1 Å². The first-order valence-electron chi connectivity index (χ1n) is 10.5. The zero-order valence-electron chi connectivity index (χ0n) is 17.3. The van der Waals surface area contributed by atoms with E-state index in [4.69, 9.17) is 0 Å². The highest BCUT2D eigenvalue weighted by Gasteiger charge is 2.26. The number of nitrogens with one attached hydrogen (secondary N) is 1. The fraction of sp³-hybridized carbons (Fsp3) is 0.304. The van der Waals surface area contributed by atoms with Gasteiger partial charge in [-0.2, -0.15) is 9.40 Å². The Labute approximate surface area is 182 Å². The molecule has 0 saturated carbocycles. The molecule has 0 spiro atoms. The first kappa shape index (κ1) is 21.3. The van der Waals surface area contributed by atoms with E-state index in [0.717, 1.165) is 31.2 Å². The van der Waals surface area contributed by atoms with E-state index >= 15 is 0 Å². The summed E-state index contributed by atoms with van der Waals surface area (Å²) in [5, 5.41) is 7.13. The minimum Gasteiger partial charge on any atom is -0.307 e. The van der Waals surface area contributed by atoms with E-state index in [0.29, 0.717) is 31.0 Å². The summed E-state index contributed by atoms with van der Waals surface area (Å²) in [7, 11) is -3.62. The number of nitrogens with zero attached hydrogens (tertiary/aromatic N) is 3. The lowest BCUT2D eigenvalue weighted by Crippen LogP contribution is -2.32. The van der Waals surface area contributed by atoms with Crippen LogP contribution in [0.15, 0.2) is 71.8 Å². The average molecular weight is 439 g/mol. The van der Waals surface area contributed by atoms with Crippen molar-refractivity contribution in [3.8, 4) is 0 Å². The Morgan fingerprint density at radius 2 is 1.68 bits per heavy atom. The molecule has 4 rings (SSSR count). The van der Waals surface area contributed by atoms with Crippen molar-refractivity contribution in [3.63, 3.8) is 0 Å². The number of benzene rings is 2. The largest absolute Gasteiger partial charge is 0.307 e. The number of aromatic nitrogens is 2. The van der Waals surface area contributed by atoms with Crippen LogP contribution in [0.2, 0.25) is 0 Å². The molecule has 0 radical (unpaired) electrons. The Bertz CT molecular complexity index is 1130. The van der Waals surface area contributed by atoms with Crippen LogP contribution in [-0.4, -0.2) is 41.5 Å². The number of rotatable bonds is 6. The summed E-state index contributed by atoms with van der Waals surface area (Å²) in [6.45, 7) is 1.57. The molecule has 0 aliphatic carbocycles. The first-order chi connectivity index (χ1) is 15.0. The van der Waals surface area contributed by atoms with Crippen molar-refractivity contribution in [2.75, 3.05) is 18.4 Å². The van der Waals surface area contributed by atoms with Crippen LogP contribution >= 0.6 is 0 Å². The summed E-state index contributed by atoms with van der Waals surface area (Å²) < 4.78 is 29.4. The highest BCUT2D eigenvalue weighted by atomic mass is 32.2. The molecule has 1 amide bonds. The molecule has 2 heterocycles. The second-order valence-corrected chi connectivity index (χ2v) is 9.60. The number of anilines is 1. The summed E-state index contributed by atoms with van der Waals surface area (Å²) in [5.74, 6) is 0.178. The van der Waals surface area contributed by atoms with Crippen LogP contribution < -0.4 is 5.32 Å². The molecule has 0 atom stereocenters. The molecule has 7 nitrogen and oxygen atoms in total. The molecule has 1 saturated heterocycles. The minimum absolute atomic E-state index is 0.153. The van der Waals surface area contributed by atoms with E-state index in [-0.39, 0.29) is 10.8 Å². The number of sulfonamides is 1. The summed E-state index contributed by atoms with van der Waals surface area (Å²) >= 11 is 0. The molecule has 0 bridgehead atoms. The van der Waals surface area contributed by atoms with Crippen LogP contribution in [0.5, 0.6) is 0 Å². The van der Waals surface area contributed by atoms with Gasteiger partial charge in [0.15, 0.2) is 0 Å². The lowest BCUT2D eigenvalue weighted by molar-refractivity contribution is 0.102. The number of hydrogen-bond acceptors (Lipinski definition) is 4. The topological polar surface area (TPSA) is 84.3 Å². The predicted octanol–water partition coefficient (Wildman–Crippen LogP) is 3.75. The molecule has 1 fully saturated rings. The molecular formula is C23H26N4O3S. The van der Waals surface area contributed by atoms with Gasteiger partial charge in [0.2, 0.25) is 10.0 Å². The van der Waals surface area contributed by atoms with Crippen LogP contribution in [0.1, 0.15) is 41.6 Å². The van der Waals surface area contributed by atoms with E-state index in [2.05, 4.69) is 10.4 Å². The van der Waals surface area contributed by atoms with Crippen LogP contribution in [0.25, 0.3) is 0 Å². The normalized spacial score (nSPS) is 15.4. The third kappa shape index (κ3) is 5.03. The maximum Gasteiger partial charge on any atom is 0.256 e. The molecule has 1 aliphatic rings. The van der Waals surface area contributed by atoms with Gasteiger partial charge in [-0.1, -0.05) is 49.2 Å². The minimum atomic E-state index is -3.62. The maximum absolute atomic E-state index is 13.1. The fourth-order valence-corrected chi connectivity index (χ4v) is 5.30. The van der Waals surface area contributed by atoms with Gasteiger partial charge in [-0.15, -0.1) is 0 Å². The summed E-state index contributed by atoms with van der Waals surface area (Å²) in [5.41, 5.74) is 1.36. The van der Waals surface area contributed by atoms with Gasteiger partial charge >= 0.3 is 0 Å². The number of carbonyl (C=O) groups excluding carboxylic acids is 1. The molecule has 3 aromatic rings. The molecule has 1 aromatic heterocycles. The lowest BCUT2D eigenvalue weighted by Gasteiger charge is -2.20. The van der Waals surface area contributed by atoms with E-state index < -0.39 is 10.0 Å². The number of carbonyl (C=O) groups is 1. The molecule has 162 valence electrons. The van der Waals surface area contributed by atoms with Gasteiger partial charge in [0.25, 0.3) is 5.91 Å². The zero-order valence-corrected chi connectivity index (χ0v) is 18.1. The van der Waals surface area contributed by atoms with Crippen molar-refractivity contribution in [2.24, 2.45) is 0 Å². The van der Waals surface area contributed by atoms with Crippen molar-refractivity contribution in [1.29, 1.82) is 0 Å². The van der Waals surface area contributed by atoms with Crippen molar-refractivity contribution < 1.29 is 13.2 Å². The van der Waals surface area contributed by atoms with Crippen molar-refractivity contribution in [1.82, 2.24) is 14.1 Å². The highest BCUT2D eigenvalue weighted by molar-refractivity contribution is 7.89. The van der Waals surface area contributed by atoms with Crippen molar-refractivity contribution >= 4 is 21.7 Å². The van der Waals surface area contributed by atoms with Gasteiger partial charge in [0.05, 0.1) is 17.6 Å². The molecule has 31 heavy (non-hydrogen) atoms. The van der Waals surface area contributed by atoms with Gasteiger partial charge in [-0.25, -0.2) is 13.1 Å². The average Bonchev–Trinajstić information content (AvgIpc) is 3.03. The monoisotopic (exact) mass is 438 g/mol. The second-order valence-electron chi connectivity index (χ2n) is 7.66. The Balaban J connectivity index is 1.51. The standard InChI is InChI=1S/C23H26N4O3S/c28-23(25-22-13-14-24-27(22)18-19-9-4-3-5-10-19)20-11-8-12-21(17-20)31(29,30)26-15-6-1-2-7-16-26/h3-5,8-14,17H,1-2,6-7,15-16,18H2,(H,25,28). The van der Waals surface area contributed by atoms with E-state index in [1.807, 2.05) is 30.3 Å². The first-order valence-corrected chi connectivity index (χ1v) is 12.0. The smallest absolute Gasteiger partial charge is 0.256 e. The molecule has 0 unspecified atom stereocenters. The van der Waals surface area contributed by atoms with Crippen molar-refractivity contribution in [3.05, 3.63) is 78.0 Å². The Morgan fingerprint density at radius 1 is 0.935 bits per heavy atom. The molecular weight excluding hydrogens is 412 g/mol. The molecule has 2 aromatic carbocycles. The lowest BCUT2D eigenvalue weighted by atomic mass is 10.2. The molecule has 8 heteroatoms.